The zero-order valence-electron chi connectivity index (χ0n) is 10.8. The Morgan fingerprint density at radius 1 is 1.15 bits per heavy atom. The molecule has 0 aliphatic rings. The predicted octanol–water partition coefficient (Wildman–Crippen LogP) is 3.80. The number of benzene rings is 2. The molecule has 0 fully saturated rings. The fourth-order valence-corrected chi connectivity index (χ4v) is 4.38. The Morgan fingerprint density at radius 2 is 1.80 bits per heavy atom. The second-order valence-electron chi connectivity index (χ2n) is 4.08. The van der Waals surface area contributed by atoms with Crippen LogP contribution < -0.4 is 4.31 Å². The monoisotopic (exact) mass is 357 g/mol. The summed E-state index contributed by atoms with van der Waals surface area (Å²) in [5.41, 5.74) is 0.575. The second kappa shape index (κ2) is 5.93. The molecule has 0 unspecified atom stereocenters. The maximum absolute atomic E-state index is 13.1. The van der Waals surface area contributed by atoms with Gasteiger partial charge in [0.05, 0.1) is 5.69 Å². The van der Waals surface area contributed by atoms with E-state index < -0.39 is 15.8 Å². The minimum atomic E-state index is -3.73. The van der Waals surface area contributed by atoms with E-state index in [9.17, 15) is 12.8 Å². The number of rotatable bonds is 4. The van der Waals surface area contributed by atoms with Crippen molar-refractivity contribution in [2.75, 3.05) is 10.8 Å². The zero-order chi connectivity index (χ0) is 14.8. The van der Waals surface area contributed by atoms with Gasteiger partial charge < -0.3 is 0 Å². The van der Waals surface area contributed by atoms with E-state index in [4.69, 9.17) is 0 Å². The van der Waals surface area contributed by atoms with Gasteiger partial charge in [0.1, 0.15) is 10.7 Å². The molecular weight excluding hydrogens is 345 g/mol. The summed E-state index contributed by atoms with van der Waals surface area (Å²) < 4.78 is 39.9. The molecule has 0 aromatic heterocycles. The first-order valence-corrected chi connectivity index (χ1v) is 8.23. The lowest BCUT2D eigenvalue weighted by Crippen LogP contribution is -2.31. The largest absolute Gasteiger partial charge is 0.267 e. The molecule has 0 saturated heterocycles. The minimum absolute atomic E-state index is 0.0459. The third-order valence-electron chi connectivity index (χ3n) is 2.79. The van der Waals surface area contributed by atoms with Gasteiger partial charge in [-0.15, -0.1) is 0 Å². The fourth-order valence-electron chi connectivity index (χ4n) is 1.89. The highest BCUT2D eigenvalue weighted by Crippen LogP contribution is 2.28. The van der Waals surface area contributed by atoms with E-state index in [2.05, 4.69) is 15.9 Å². The smallest absolute Gasteiger partial charge is 0.265 e. The molecule has 2 aromatic carbocycles. The first kappa shape index (κ1) is 15.0. The number of nitrogens with zero attached hydrogens (tertiary/aromatic N) is 1. The number of hydrogen-bond donors (Lipinski definition) is 0. The predicted molar refractivity (Wildman–Crippen MR) is 80.7 cm³/mol. The molecule has 6 heteroatoms. The lowest BCUT2D eigenvalue weighted by molar-refractivity contribution is 0.590. The van der Waals surface area contributed by atoms with Gasteiger partial charge in [-0.1, -0.05) is 18.2 Å². The Labute approximate surface area is 126 Å². The van der Waals surface area contributed by atoms with Crippen molar-refractivity contribution in [3.05, 3.63) is 58.8 Å². The van der Waals surface area contributed by atoms with Crippen molar-refractivity contribution in [2.45, 2.75) is 11.8 Å². The normalized spacial score (nSPS) is 11.3. The SMILES string of the molecule is CCN(c1ccccc1)S(=O)(=O)c1ccc(F)cc1Br. The maximum Gasteiger partial charge on any atom is 0.265 e. The van der Waals surface area contributed by atoms with E-state index in [0.29, 0.717) is 5.69 Å². The van der Waals surface area contributed by atoms with Gasteiger partial charge in [-0.2, -0.15) is 0 Å². The third-order valence-corrected chi connectivity index (χ3v) is 5.67. The maximum atomic E-state index is 13.1. The molecule has 0 amide bonds. The van der Waals surface area contributed by atoms with Crippen molar-refractivity contribution < 1.29 is 12.8 Å². The van der Waals surface area contributed by atoms with Gasteiger partial charge in [-0.25, -0.2) is 12.8 Å². The third kappa shape index (κ3) is 2.86. The van der Waals surface area contributed by atoms with Gasteiger partial charge in [0, 0.05) is 11.0 Å². The van der Waals surface area contributed by atoms with E-state index in [1.54, 1.807) is 31.2 Å². The molecule has 0 spiro atoms. The highest BCUT2D eigenvalue weighted by atomic mass is 79.9. The fraction of sp³-hybridized carbons (Fsp3) is 0.143. The van der Waals surface area contributed by atoms with Crippen LogP contribution in [0, 0.1) is 5.82 Å². The molecule has 106 valence electrons. The minimum Gasteiger partial charge on any atom is -0.267 e. The molecule has 20 heavy (non-hydrogen) atoms. The number of halogens is 2. The number of sulfonamides is 1. The topological polar surface area (TPSA) is 37.4 Å². The standard InChI is InChI=1S/C14H13BrFNO2S/c1-2-17(12-6-4-3-5-7-12)20(18,19)14-9-8-11(16)10-13(14)15/h3-10H,2H2,1H3. The Kier molecular flexibility index (Phi) is 4.45. The van der Waals surface area contributed by atoms with Gasteiger partial charge in [0.15, 0.2) is 0 Å². The van der Waals surface area contributed by atoms with Crippen molar-refractivity contribution >= 4 is 31.6 Å². The van der Waals surface area contributed by atoms with Gasteiger partial charge in [-0.05, 0) is 53.2 Å². The Hall–Kier alpha value is -1.40. The van der Waals surface area contributed by atoms with Crippen molar-refractivity contribution in [1.29, 1.82) is 0 Å². The molecular formula is C14H13BrFNO2S. The van der Waals surface area contributed by atoms with Crippen LogP contribution in [0.4, 0.5) is 10.1 Å². The van der Waals surface area contributed by atoms with E-state index >= 15 is 0 Å². The van der Waals surface area contributed by atoms with Gasteiger partial charge >= 0.3 is 0 Å². The number of anilines is 1. The van der Waals surface area contributed by atoms with Crippen LogP contribution in [0.25, 0.3) is 0 Å². The highest BCUT2D eigenvalue weighted by molar-refractivity contribution is 9.10. The van der Waals surface area contributed by atoms with Crippen LogP contribution in [-0.4, -0.2) is 15.0 Å². The molecule has 0 aliphatic carbocycles. The highest BCUT2D eigenvalue weighted by Gasteiger charge is 2.25. The van der Waals surface area contributed by atoms with E-state index in [1.165, 1.54) is 10.4 Å². The van der Waals surface area contributed by atoms with Crippen LogP contribution in [0.15, 0.2) is 57.9 Å². The average molecular weight is 358 g/mol. The van der Waals surface area contributed by atoms with Crippen molar-refractivity contribution in [1.82, 2.24) is 0 Å². The van der Waals surface area contributed by atoms with Crippen molar-refractivity contribution in [2.24, 2.45) is 0 Å². The zero-order valence-corrected chi connectivity index (χ0v) is 13.2. The molecule has 0 atom stereocenters. The van der Waals surface area contributed by atoms with Crippen LogP contribution in [0.1, 0.15) is 6.92 Å². The van der Waals surface area contributed by atoms with Crippen LogP contribution >= 0.6 is 15.9 Å². The van der Waals surface area contributed by atoms with Crippen LogP contribution in [-0.2, 0) is 10.0 Å². The number of para-hydroxylation sites is 1. The van der Waals surface area contributed by atoms with Crippen molar-refractivity contribution in [3.8, 4) is 0 Å². The van der Waals surface area contributed by atoms with Crippen LogP contribution in [0.3, 0.4) is 0 Å². The second-order valence-corrected chi connectivity index (χ2v) is 6.77. The molecule has 3 nitrogen and oxygen atoms in total. The summed E-state index contributed by atoms with van der Waals surface area (Å²) in [6, 6.07) is 12.3. The first-order valence-electron chi connectivity index (χ1n) is 5.99. The van der Waals surface area contributed by atoms with Gasteiger partial charge in [0.25, 0.3) is 10.0 Å². The summed E-state index contributed by atoms with van der Waals surface area (Å²) in [6.45, 7) is 2.04. The molecule has 2 rings (SSSR count). The summed E-state index contributed by atoms with van der Waals surface area (Å²) in [7, 11) is -3.73. The lowest BCUT2D eigenvalue weighted by Gasteiger charge is -2.23. The van der Waals surface area contributed by atoms with Crippen LogP contribution in [0.2, 0.25) is 0 Å². The molecule has 0 saturated carbocycles. The number of hydrogen-bond acceptors (Lipinski definition) is 2. The molecule has 0 heterocycles. The molecule has 0 bridgehead atoms. The Morgan fingerprint density at radius 3 is 2.35 bits per heavy atom. The average Bonchev–Trinajstić information content (AvgIpc) is 2.40. The molecule has 0 N–H and O–H groups in total. The Bertz CT molecular complexity index is 704. The molecule has 0 radical (unpaired) electrons. The Balaban J connectivity index is 2.53. The summed E-state index contributed by atoms with van der Waals surface area (Å²) in [6.07, 6.45) is 0. The summed E-state index contributed by atoms with van der Waals surface area (Å²) in [5.74, 6) is -0.487. The molecule has 0 aliphatic heterocycles. The summed E-state index contributed by atoms with van der Waals surface area (Å²) in [4.78, 5) is 0.0459. The van der Waals surface area contributed by atoms with E-state index in [0.717, 1.165) is 12.1 Å². The lowest BCUT2D eigenvalue weighted by atomic mass is 10.3. The van der Waals surface area contributed by atoms with Crippen LogP contribution in [0.5, 0.6) is 0 Å². The van der Waals surface area contributed by atoms with Crippen molar-refractivity contribution in [3.63, 3.8) is 0 Å². The summed E-state index contributed by atoms with van der Waals surface area (Å²) >= 11 is 3.11. The van der Waals surface area contributed by atoms with E-state index in [1.807, 2.05) is 6.07 Å². The van der Waals surface area contributed by atoms with Gasteiger partial charge in [0.2, 0.25) is 0 Å². The summed E-state index contributed by atoms with van der Waals surface area (Å²) in [5, 5.41) is 0. The van der Waals surface area contributed by atoms with E-state index in [-0.39, 0.29) is 15.9 Å². The van der Waals surface area contributed by atoms with Gasteiger partial charge in [-0.3, -0.25) is 4.31 Å². The first-order chi connectivity index (χ1) is 9.46. The quantitative estimate of drug-likeness (QED) is 0.834. The molecule has 2 aromatic rings.